The third-order valence-corrected chi connectivity index (χ3v) is 2.64. The van der Waals surface area contributed by atoms with Gasteiger partial charge in [-0.2, -0.15) is 0 Å². The van der Waals surface area contributed by atoms with Gasteiger partial charge in [0.05, 0.1) is 0 Å². The zero-order valence-electron chi connectivity index (χ0n) is 9.59. The van der Waals surface area contributed by atoms with E-state index in [0.29, 0.717) is 13.1 Å². The number of hydrogen-bond acceptors (Lipinski definition) is 4. The summed E-state index contributed by atoms with van der Waals surface area (Å²) in [6.45, 7) is 4.10. The molecule has 0 unspecified atom stereocenters. The largest absolute Gasteiger partial charge is 0.505 e. The molecule has 2 N–H and O–H groups in total. The number of aromatic hydroxyl groups is 1. The fraction of sp³-hybridized carbons (Fsp3) is 0.455. The van der Waals surface area contributed by atoms with E-state index in [0.717, 1.165) is 6.54 Å². The van der Waals surface area contributed by atoms with Crippen molar-refractivity contribution in [3.63, 3.8) is 0 Å². The van der Waals surface area contributed by atoms with Gasteiger partial charge in [0, 0.05) is 31.9 Å². The lowest BCUT2D eigenvalue weighted by atomic mass is 10.2. The van der Waals surface area contributed by atoms with Crippen LogP contribution in [0.1, 0.15) is 17.4 Å². The summed E-state index contributed by atoms with van der Waals surface area (Å²) in [5.41, 5.74) is 0.136. The SMILES string of the molecule is C[C@@H]1CN(C(=O)c2ncccc2O)CCN1.Cl. The Balaban J connectivity index is 0.00000144. The van der Waals surface area contributed by atoms with Crippen molar-refractivity contribution >= 4 is 18.3 Å². The molecule has 1 aliphatic rings. The lowest BCUT2D eigenvalue weighted by Gasteiger charge is -2.31. The highest BCUT2D eigenvalue weighted by Crippen LogP contribution is 2.15. The molecule has 2 rings (SSSR count). The lowest BCUT2D eigenvalue weighted by molar-refractivity contribution is 0.0700. The molecule has 2 heterocycles. The molecule has 1 aromatic heterocycles. The Labute approximate surface area is 106 Å². The van der Waals surface area contributed by atoms with Crippen LogP contribution in [0.4, 0.5) is 0 Å². The number of amides is 1. The Morgan fingerprint density at radius 2 is 2.41 bits per heavy atom. The van der Waals surface area contributed by atoms with Crippen molar-refractivity contribution in [2.75, 3.05) is 19.6 Å². The number of hydrogen-bond donors (Lipinski definition) is 2. The number of halogens is 1. The van der Waals surface area contributed by atoms with Gasteiger partial charge in [-0.25, -0.2) is 4.98 Å². The van der Waals surface area contributed by atoms with Crippen LogP contribution < -0.4 is 5.32 Å². The summed E-state index contributed by atoms with van der Waals surface area (Å²) >= 11 is 0. The number of carbonyl (C=O) groups excluding carboxylic acids is 1. The summed E-state index contributed by atoms with van der Waals surface area (Å²) < 4.78 is 0. The van der Waals surface area contributed by atoms with Gasteiger partial charge in [0.15, 0.2) is 5.69 Å². The second-order valence-corrected chi connectivity index (χ2v) is 3.98. The Morgan fingerprint density at radius 1 is 1.65 bits per heavy atom. The molecular weight excluding hydrogens is 242 g/mol. The van der Waals surface area contributed by atoms with E-state index in [1.54, 1.807) is 11.0 Å². The van der Waals surface area contributed by atoms with Crippen LogP contribution in [0.15, 0.2) is 18.3 Å². The summed E-state index contributed by atoms with van der Waals surface area (Å²) in [4.78, 5) is 17.7. The molecule has 1 aromatic rings. The first-order chi connectivity index (χ1) is 7.68. The fourth-order valence-electron chi connectivity index (χ4n) is 1.83. The zero-order valence-corrected chi connectivity index (χ0v) is 10.4. The number of rotatable bonds is 1. The van der Waals surface area contributed by atoms with Gasteiger partial charge < -0.3 is 15.3 Å². The van der Waals surface area contributed by atoms with Gasteiger partial charge >= 0.3 is 0 Å². The fourth-order valence-corrected chi connectivity index (χ4v) is 1.83. The third-order valence-electron chi connectivity index (χ3n) is 2.64. The lowest BCUT2D eigenvalue weighted by Crippen LogP contribution is -2.51. The minimum absolute atomic E-state index is 0. The summed E-state index contributed by atoms with van der Waals surface area (Å²) in [6.07, 6.45) is 1.51. The van der Waals surface area contributed by atoms with E-state index < -0.39 is 0 Å². The van der Waals surface area contributed by atoms with Gasteiger partial charge in [-0.1, -0.05) is 0 Å². The van der Waals surface area contributed by atoms with Crippen LogP contribution in [0, 0.1) is 0 Å². The first kappa shape index (κ1) is 13.7. The van der Waals surface area contributed by atoms with Crippen LogP contribution in [0.2, 0.25) is 0 Å². The predicted octanol–water partition coefficient (Wildman–Crippen LogP) is 0.643. The number of carbonyl (C=O) groups is 1. The van der Waals surface area contributed by atoms with Gasteiger partial charge in [-0.3, -0.25) is 4.79 Å². The van der Waals surface area contributed by atoms with Gasteiger partial charge in [0.25, 0.3) is 5.91 Å². The molecule has 6 heteroatoms. The molecule has 5 nitrogen and oxygen atoms in total. The molecule has 1 fully saturated rings. The summed E-state index contributed by atoms with van der Waals surface area (Å²) in [6, 6.07) is 3.36. The van der Waals surface area contributed by atoms with Crippen molar-refractivity contribution in [1.82, 2.24) is 15.2 Å². The topological polar surface area (TPSA) is 65.5 Å². The van der Waals surface area contributed by atoms with Crippen LogP contribution >= 0.6 is 12.4 Å². The Hall–Kier alpha value is -1.33. The summed E-state index contributed by atoms with van der Waals surface area (Å²) in [5.74, 6) is -0.259. The number of nitrogens with one attached hydrogen (secondary N) is 1. The molecule has 1 atom stereocenters. The van der Waals surface area contributed by atoms with Crippen LogP contribution in [0.3, 0.4) is 0 Å². The monoisotopic (exact) mass is 257 g/mol. The van der Waals surface area contributed by atoms with Gasteiger partial charge in [0.1, 0.15) is 5.75 Å². The molecule has 0 aliphatic carbocycles. The van der Waals surface area contributed by atoms with Gasteiger partial charge in [-0.05, 0) is 19.1 Å². The number of aromatic nitrogens is 1. The maximum absolute atomic E-state index is 12.0. The van der Waals surface area contributed by atoms with E-state index in [1.807, 2.05) is 6.92 Å². The smallest absolute Gasteiger partial charge is 0.276 e. The molecule has 0 saturated carbocycles. The van der Waals surface area contributed by atoms with E-state index in [-0.39, 0.29) is 35.8 Å². The maximum Gasteiger partial charge on any atom is 0.276 e. The molecule has 0 radical (unpaired) electrons. The van der Waals surface area contributed by atoms with Crippen LogP contribution in [0.5, 0.6) is 5.75 Å². The van der Waals surface area contributed by atoms with E-state index >= 15 is 0 Å². The molecule has 94 valence electrons. The van der Waals surface area contributed by atoms with Crippen molar-refractivity contribution in [3.8, 4) is 5.75 Å². The molecule has 1 aliphatic heterocycles. The average molecular weight is 258 g/mol. The molecule has 0 spiro atoms. The quantitative estimate of drug-likeness (QED) is 0.775. The molecule has 1 amide bonds. The van der Waals surface area contributed by atoms with Crippen LogP contribution in [0.25, 0.3) is 0 Å². The van der Waals surface area contributed by atoms with E-state index in [9.17, 15) is 9.90 Å². The van der Waals surface area contributed by atoms with E-state index in [2.05, 4.69) is 10.3 Å². The van der Waals surface area contributed by atoms with Crippen LogP contribution in [-0.2, 0) is 0 Å². The molecule has 0 bridgehead atoms. The molecule has 17 heavy (non-hydrogen) atoms. The first-order valence-electron chi connectivity index (χ1n) is 5.35. The predicted molar refractivity (Wildman–Crippen MR) is 66.5 cm³/mol. The Bertz CT molecular complexity index is 400. The highest BCUT2D eigenvalue weighted by atomic mass is 35.5. The zero-order chi connectivity index (χ0) is 11.5. The van der Waals surface area contributed by atoms with Crippen molar-refractivity contribution in [3.05, 3.63) is 24.0 Å². The number of pyridine rings is 1. The summed E-state index contributed by atoms with van der Waals surface area (Å²) in [7, 11) is 0. The number of nitrogens with zero attached hydrogens (tertiary/aromatic N) is 2. The Morgan fingerprint density at radius 3 is 3.06 bits per heavy atom. The summed E-state index contributed by atoms with van der Waals surface area (Å²) in [5, 5.41) is 12.8. The first-order valence-corrected chi connectivity index (χ1v) is 5.35. The van der Waals surface area contributed by atoms with Crippen molar-refractivity contribution < 1.29 is 9.90 Å². The van der Waals surface area contributed by atoms with Crippen molar-refractivity contribution in [2.45, 2.75) is 13.0 Å². The van der Waals surface area contributed by atoms with Crippen molar-refractivity contribution in [1.29, 1.82) is 0 Å². The second kappa shape index (κ2) is 5.84. The third kappa shape index (κ3) is 3.08. The normalized spacial score (nSPS) is 19.6. The molecule has 0 aromatic carbocycles. The highest BCUT2D eigenvalue weighted by Gasteiger charge is 2.24. The Kier molecular flexibility index (Phi) is 4.72. The van der Waals surface area contributed by atoms with E-state index in [1.165, 1.54) is 12.3 Å². The minimum Gasteiger partial charge on any atom is -0.505 e. The van der Waals surface area contributed by atoms with Crippen LogP contribution in [-0.4, -0.2) is 46.6 Å². The second-order valence-electron chi connectivity index (χ2n) is 3.98. The highest BCUT2D eigenvalue weighted by molar-refractivity contribution is 5.94. The molecular formula is C11H16ClN3O2. The standard InChI is InChI=1S/C11H15N3O2.ClH/c1-8-7-14(6-5-12-8)11(16)10-9(15)3-2-4-13-10;/h2-4,8,12,15H,5-7H2,1H3;1H/t8-;/m1./s1. The minimum atomic E-state index is -0.202. The van der Waals surface area contributed by atoms with Gasteiger partial charge in [-0.15, -0.1) is 12.4 Å². The number of piperazine rings is 1. The molecule has 1 saturated heterocycles. The average Bonchev–Trinajstić information content (AvgIpc) is 2.29. The van der Waals surface area contributed by atoms with E-state index in [4.69, 9.17) is 0 Å². The maximum atomic E-state index is 12.0. The van der Waals surface area contributed by atoms with Gasteiger partial charge in [0.2, 0.25) is 0 Å². The van der Waals surface area contributed by atoms with Crippen molar-refractivity contribution in [2.24, 2.45) is 0 Å².